The van der Waals surface area contributed by atoms with Crippen LogP contribution >= 0.6 is 22.9 Å². The van der Waals surface area contributed by atoms with Crippen LogP contribution < -0.4 is 0 Å². The van der Waals surface area contributed by atoms with E-state index in [4.69, 9.17) is 11.6 Å². The molecule has 0 N–H and O–H groups in total. The van der Waals surface area contributed by atoms with E-state index in [0.29, 0.717) is 17.4 Å². The van der Waals surface area contributed by atoms with Crippen molar-refractivity contribution in [2.24, 2.45) is 0 Å². The van der Waals surface area contributed by atoms with E-state index >= 15 is 0 Å². The van der Waals surface area contributed by atoms with E-state index in [0.717, 1.165) is 42.0 Å². The number of benzene rings is 1. The Hall–Kier alpha value is -2.33. The van der Waals surface area contributed by atoms with Crippen LogP contribution in [-0.2, 0) is 35.9 Å². The summed E-state index contributed by atoms with van der Waals surface area (Å²) >= 11 is 7.50. The molecule has 3 aromatic heterocycles. The molecule has 0 saturated carbocycles. The number of hydrogen-bond acceptors (Lipinski definition) is 7. The molecule has 0 aliphatic carbocycles. The molecule has 4 heterocycles. The van der Waals surface area contributed by atoms with Crippen molar-refractivity contribution in [3.8, 4) is 0 Å². The van der Waals surface area contributed by atoms with E-state index < -0.39 is 9.84 Å². The van der Waals surface area contributed by atoms with Gasteiger partial charge in [-0.1, -0.05) is 29.8 Å². The molecule has 7 nitrogen and oxygen atoms in total. The van der Waals surface area contributed by atoms with E-state index in [1.807, 2.05) is 6.20 Å². The fraction of sp³-hybridized carbons (Fsp3) is 0.286. The molecular weight excluding hydrogens is 454 g/mol. The molecule has 0 spiro atoms. The maximum Gasteiger partial charge on any atom is 0.246 e. The van der Waals surface area contributed by atoms with Crippen molar-refractivity contribution in [2.75, 3.05) is 12.8 Å². The second kappa shape index (κ2) is 7.98. The smallest absolute Gasteiger partial charge is 0.246 e. The number of rotatable bonds is 5. The monoisotopic (exact) mass is 473 g/mol. The molecule has 160 valence electrons. The minimum atomic E-state index is -3.39. The summed E-state index contributed by atoms with van der Waals surface area (Å²) in [6, 6.07) is 8.40. The summed E-state index contributed by atoms with van der Waals surface area (Å²) < 4.78 is 26.3. The summed E-state index contributed by atoms with van der Waals surface area (Å²) in [7, 11) is -3.39. The molecule has 0 atom stereocenters. The highest BCUT2D eigenvalue weighted by Gasteiger charge is 2.22. The lowest BCUT2D eigenvalue weighted by Gasteiger charge is -2.27. The van der Waals surface area contributed by atoms with Crippen LogP contribution in [0, 0.1) is 0 Å². The standard InChI is InChI=1S/C21H20ClN5O2S2/c1-31(28,29)21-24-8-14-10-26(7-6-18(14)25-21)11-15-12-27(13-16-9-23-20(22)30-16)19-5-3-2-4-17(15)19/h2-5,8-9,12H,6-7,10-11,13H2,1H3. The first-order valence-electron chi connectivity index (χ1n) is 9.81. The Balaban J connectivity index is 1.40. The molecule has 0 fully saturated rings. The van der Waals surface area contributed by atoms with E-state index in [-0.39, 0.29) is 5.16 Å². The molecule has 0 unspecified atom stereocenters. The van der Waals surface area contributed by atoms with Gasteiger partial charge in [-0.15, -0.1) is 11.3 Å². The Bertz CT molecular complexity index is 1380. The maximum atomic E-state index is 11.7. The number of nitrogens with zero attached hydrogens (tertiary/aromatic N) is 5. The van der Waals surface area contributed by atoms with Crippen molar-refractivity contribution in [3.63, 3.8) is 0 Å². The number of hydrogen-bond donors (Lipinski definition) is 0. The van der Waals surface area contributed by atoms with Gasteiger partial charge in [-0.05, 0) is 11.6 Å². The van der Waals surface area contributed by atoms with Gasteiger partial charge in [0.1, 0.15) is 0 Å². The minimum absolute atomic E-state index is 0.0917. The summed E-state index contributed by atoms with van der Waals surface area (Å²) in [6.07, 6.45) is 7.53. The number of fused-ring (bicyclic) bond motifs is 2. The number of thiazole rings is 1. The van der Waals surface area contributed by atoms with Crippen molar-refractivity contribution in [3.05, 3.63) is 69.0 Å². The van der Waals surface area contributed by atoms with Crippen LogP contribution in [0.25, 0.3) is 10.9 Å². The van der Waals surface area contributed by atoms with Gasteiger partial charge < -0.3 is 4.57 Å². The summed E-state index contributed by atoms with van der Waals surface area (Å²) in [5.74, 6) is 0. The summed E-state index contributed by atoms with van der Waals surface area (Å²) in [5.41, 5.74) is 4.25. The topological polar surface area (TPSA) is 81.0 Å². The fourth-order valence-electron chi connectivity index (χ4n) is 4.02. The van der Waals surface area contributed by atoms with Gasteiger partial charge in [-0.2, -0.15) is 0 Å². The third kappa shape index (κ3) is 4.23. The first kappa shape index (κ1) is 20.6. The Labute approximate surface area is 189 Å². The van der Waals surface area contributed by atoms with Crippen molar-refractivity contribution in [1.82, 2.24) is 24.4 Å². The lowest BCUT2D eigenvalue weighted by Crippen LogP contribution is -2.31. The SMILES string of the molecule is CS(=O)(=O)c1ncc2c(n1)CCN(Cc1cn(Cc3cnc(Cl)s3)c3ccccc13)C2. The van der Waals surface area contributed by atoms with Gasteiger partial charge in [-0.3, -0.25) is 4.90 Å². The van der Waals surface area contributed by atoms with Crippen molar-refractivity contribution in [1.29, 1.82) is 0 Å². The average molecular weight is 474 g/mol. The zero-order valence-corrected chi connectivity index (χ0v) is 19.2. The average Bonchev–Trinajstić information content (AvgIpc) is 3.31. The van der Waals surface area contributed by atoms with Gasteiger partial charge in [0.25, 0.3) is 0 Å². The lowest BCUT2D eigenvalue weighted by atomic mass is 10.1. The van der Waals surface area contributed by atoms with E-state index in [1.54, 1.807) is 6.20 Å². The number of sulfone groups is 1. The molecule has 5 rings (SSSR count). The van der Waals surface area contributed by atoms with E-state index in [1.165, 1.54) is 27.8 Å². The minimum Gasteiger partial charge on any atom is -0.342 e. The van der Waals surface area contributed by atoms with Gasteiger partial charge in [-0.25, -0.2) is 23.4 Å². The zero-order chi connectivity index (χ0) is 21.6. The molecule has 0 bridgehead atoms. The Kier molecular flexibility index (Phi) is 5.29. The predicted molar refractivity (Wildman–Crippen MR) is 121 cm³/mol. The van der Waals surface area contributed by atoms with Gasteiger partial charge >= 0.3 is 0 Å². The molecule has 1 aliphatic rings. The maximum absolute atomic E-state index is 11.7. The highest BCUT2D eigenvalue weighted by atomic mass is 35.5. The third-order valence-corrected chi connectivity index (χ3v) is 7.40. The van der Waals surface area contributed by atoms with Gasteiger partial charge in [0, 0.05) is 72.2 Å². The molecule has 31 heavy (non-hydrogen) atoms. The molecule has 4 aromatic rings. The third-order valence-electron chi connectivity index (χ3n) is 5.44. The highest BCUT2D eigenvalue weighted by Crippen LogP contribution is 2.27. The van der Waals surface area contributed by atoms with Gasteiger partial charge in [0.15, 0.2) is 4.47 Å². The van der Waals surface area contributed by atoms with Crippen LogP contribution in [0.1, 0.15) is 21.7 Å². The number of aromatic nitrogens is 4. The zero-order valence-electron chi connectivity index (χ0n) is 16.8. The predicted octanol–water partition coefficient (Wildman–Crippen LogP) is 3.55. The molecule has 1 aliphatic heterocycles. The Morgan fingerprint density at radius 2 is 2.00 bits per heavy atom. The van der Waals surface area contributed by atoms with Crippen LogP contribution in [0.4, 0.5) is 0 Å². The van der Waals surface area contributed by atoms with Crippen molar-refractivity contribution < 1.29 is 8.42 Å². The van der Waals surface area contributed by atoms with Gasteiger partial charge in [0.05, 0.1) is 12.2 Å². The summed E-state index contributed by atoms with van der Waals surface area (Å²) in [5, 5.41) is 1.14. The van der Waals surface area contributed by atoms with Crippen LogP contribution in [0.15, 0.2) is 48.0 Å². The normalized spacial score (nSPS) is 14.8. The van der Waals surface area contributed by atoms with Crippen molar-refractivity contribution >= 4 is 43.7 Å². The first-order valence-corrected chi connectivity index (χ1v) is 12.9. The lowest BCUT2D eigenvalue weighted by molar-refractivity contribution is 0.242. The quantitative estimate of drug-likeness (QED) is 0.412. The molecule has 0 radical (unpaired) electrons. The molecule has 0 amide bonds. The Morgan fingerprint density at radius 3 is 2.77 bits per heavy atom. The first-order chi connectivity index (χ1) is 14.9. The molecule has 0 saturated heterocycles. The summed E-state index contributed by atoms with van der Waals surface area (Å²) in [6.45, 7) is 3.04. The van der Waals surface area contributed by atoms with Crippen LogP contribution in [0.5, 0.6) is 0 Å². The van der Waals surface area contributed by atoms with Crippen molar-refractivity contribution in [2.45, 2.75) is 31.2 Å². The Morgan fingerprint density at radius 1 is 1.16 bits per heavy atom. The second-order valence-electron chi connectivity index (χ2n) is 7.74. The largest absolute Gasteiger partial charge is 0.342 e. The highest BCUT2D eigenvalue weighted by molar-refractivity contribution is 7.90. The summed E-state index contributed by atoms with van der Waals surface area (Å²) in [4.78, 5) is 16.0. The van der Waals surface area contributed by atoms with E-state index in [9.17, 15) is 8.42 Å². The fourth-order valence-corrected chi connectivity index (χ4v) is 5.51. The number of halogens is 1. The van der Waals surface area contributed by atoms with Crippen LogP contribution in [-0.4, -0.2) is 45.6 Å². The molecule has 1 aromatic carbocycles. The molecule has 10 heteroatoms. The second-order valence-corrected chi connectivity index (χ2v) is 11.3. The van der Waals surface area contributed by atoms with E-state index in [2.05, 4.69) is 54.9 Å². The van der Waals surface area contributed by atoms with Gasteiger partial charge in [0.2, 0.25) is 15.0 Å². The molecular formula is C21H20ClN5O2S2. The van der Waals surface area contributed by atoms with Crippen LogP contribution in [0.3, 0.4) is 0 Å². The number of para-hydroxylation sites is 1. The van der Waals surface area contributed by atoms with Crippen LogP contribution in [0.2, 0.25) is 4.47 Å².